The third-order valence-electron chi connectivity index (χ3n) is 3.98. The van der Waals surface area contributed by atoms with Gasteiger partial charge in [-0.2, -0.15) is 5.10 Å². The van der Waals surface area contributed by atoms with E-state index in [0.717, 1.165) is 16.9 Å². The van der Waals surface area contributed by atoms with Gasteiger partial charge in [-0.05, 0) is 37.6 Å². The van der Waals surface area contributed by atoms with Crippen molar-refractivity contribution in [3.63, 3.8) is 0 Å². The van der Waals surface area contributed by atoms with Crippen molar-refractivity contribution in [3.8, 4) is 0 Å². The predicted octanol–water partition coefficient (Wildman–Crippen LogP) is 2.63. The third kappa shape index (κ3) is 2.11. The van der Waals surface area contributed by atoms with Gasteiger partial charge in [0, 0.05) is 42.4 Å². The first-order valence-electron chi connectivity index (χ1n) is 6.83. The Hall–Kier alpha value is -2.56. The standard InChI is InChI=1S/C16H18N4O/c1-10-12-7-8-19(3)15(12)6-5-13(10)18-14-9-17-20(4)16(21)11(14)2/h5-9,18H,1-4H3. The van der Waals surface area contributed by atoms with Crippen LogP contribution in [0.15, 0.2) is 35.4 Å². The van der Waals surface area contributed by atoms with E-state index >= 15 is 0 Å². The summed E-state index contributed by atoms with van der Waals surface area (Å²) in [7, 11) is 3.68. The van der Waals surface area contributed by atoms with Gasteiger partial charge in [0.15, 0.2) is 0 Å². The maximum Gasteiger partial charge on any atom is 0.271 e. The molecule has 5 nitrogen and oxygen atoms in total. The minimum absolute atomic E-state index is 0.0848. The Labute approximate surface area is 122 Å². The number of anilines is 2. The number of hydrogen-bond acceptors (Lipinski definition) is 3. The molecule has 0 amide bonds. The second-order valence-electron chi connectivity index (χ2n) is 5.33. The summed E-state index contributed by atoms with van der Waals surface area (Å²) in [6.07, 6.45) is 3.73. The van der Waals surface area contributed by atoms with Crippen molar-refractivity contribution in [2.75, 3.05) is 5.32 Å². The minimum atomic E-state index is -0.0848. The highest BCUT2D eigenvalue weighted by Gasteiger charge is 2.09. The first kappa shape index (κ1) is 13.4. The summed E-state index contributed by atoms with van der Waals surface area (Å²) in [4.78, 5) is 11.9. The van der Waals surface area contributed by atoms with Gasteiger partial charge in [-0.15, -0.1) is 0 Å². The Morgan fingerprint density at radius 1 is 1.05 bits per heavy atom. The molecule has 0 spiro atoms. The quantitative estimate of drug-likeness (QED) is 0.786. The van der Waals surface area contributed by atoms with E-state index in [0.29, 0.717) is 5.56 Å². The normalized spacial score (nSPS) is 11.0. The molecular weight excluding hydrogens is 264 g/mol. The van der Waals surface area contributed by atoms with Gasteiger partial charge >= 0.3 is 0 Å². The number of rotatable bonds is 2. The SMILES string of the molecule is Cc1c(Nc2ccc3c(ccn3C)c2C)cnn(C)c1=O. The number of aryl methyl sites for hydroxylation is 3. The van der Waals surface area contributed by atoms with Gasteiger partial charge in [0.05, 0.1) is 11.9 Å². The monoisotopic (exact) mass is 282 g/mol. The van der Waals surface area contributed by atoms with Crippen LogP contribution in [-0.2, 0) is 14.1 Å². The molecule has 2 heterocycles. The fraction of sp³-hybridized carbons (Fsp3) is 0.250. The molecule has 0 saturated carbocycles. The predicted molar refractivity (Wildman–Crippen MR) is 85.2 cm³/mol. The van der Waals surface area contributed by atoms with Crippen LogP contribution in [0.3, 0.4) is 0 Å². The van der Waals surface area contributed by atoms with Crippen LogP contribution < -0.4 is 10.9 Å². The molecule has 0 saturated heterocycles. The maximum atomic E-state index is 11.9. The zero-order valence-corrected chi connectivity index (χ0v) is 12.6. The van der Waals surface area contributed by atoms with Crippen molar-refractivity contribution in [2.45, 2.75) is 13.8 Å². The van der Waals surface area contributed by atoms with Gasteiger partial charge in [0.1, 0.15) is 0 Å². The lowest BCUT2D eigenvalue weighted by Gasteiger charge is -2.13. The number of aromatic nitrogens is 3. The molecular formula is C16H18N4O. The highest BCUT2D eigenvalue weighted by atomic mass is 16.1. The zero-order valence-electron chi connectivity index (χ0n) is 12.6. The second-order valence-corrected chi connectivity index (χ2v) is 5.33. The van der Waals surface area contributed by atoms with E-state index in [1.165, 1.54) is 15.6 Å². The summed E-state index contributed by atoms with van der Waals surface area (Å²) in [6.45, 7) is 3.89. The first-order chi connectivity index (χ1) is 9.99. The van der Waals surface area contributed by atoms with Crippen LogP contribution in [0.1, 0.15) is 11.1 Å². The van der Waals surface area contributed by atoms with Crippen molar-refractivity contribution in [3.05, 3.63) is 52.1 Å². The molecule has 0 aliphatic rings. The van der Waals surface area contributed by atoms with E-state index in [2.05, 4.69) is 34.0 Å². The van der Waals surface area contributed by atoms with Crippen LogP contribution in [0.5, 0.6) is 0 Å². The largest absolute Gasteiger partial charge is 0.354 e. The van der Waals surface area contributed by atoms with Crippen LogP contribution >= 0.6 is 0 Å². The molecule has 0 atom stereocenters. The number of benzene rings is 1. The fourth-order valence-electron chi connectivity index (χ4n) is 2.56. The molecule has 0 bridgehead atoms. The zero-order chi connectivity index (χ0) is 15.1. The number of hydrogen-bond donors (Lipinski definition) is 1. The summed E-state index contributed by atoms with van der Waals surface area (Å²) < 4.78 is 3.44. The highest BCUT2D eigenvalue weighted by molar-refractivity contribution is 5.89. The Morgan fingerprint density at radius 2 is 1.81 bits per heavy atom. The number of nitrogens with zero attached hydrogens (tertiary/aromatic N) is 3. The molecule has 3 aromatic rings. The van der Waals surface area contributed by atoms with Gasteiger partial charge in [-0.3, -0.25) is 4.79 Å². The van der Waals surface area contributed by atoms with E-state index in [1.54, 1.807) is 13.2 Å². The van der Waals surface area contributed by atoms with Gasteiger partial charge in [-0.25, -0.2) is 4.68 Å². The van der Waals surface area contributed by atoms with Crippen LogP contribution in [0.2, 0.25) is 0 Å². The second kappa shape index (κ2) is 4.77. The van der Waals surface area contributed by atoms with Crippen LogP contribution in [0.4, 0.5) is 11.4 Å². The molecule has 21 heavy (non-hydrogen) atoms. The van der Waals surface area contributed by atoms with Crippen molar-refractivity contribution in [1.82, 2.24) is 14.3 Å². The highest BCUT2D eigenvalue weighted by Crippen LogP contribution is 2.28. The summed E-state index contributed by atoms with van der Waals surface area (Å²) in [5, 5.41) is 8.60. The molecule has 1 N–H and O–H groups in total. The van der Waals surface area contributed by atoms with Crippen LogP contribution in [0, 0.1) is 13.8 Å². The number of fused-ring (bicyclic) bond motifs is 1. The van der Waals surface area contributed by atoms with Crippen LogP contribution in [0.25, 0.3) is 10.9 Å². The lowest BCUT2D eigenvalue weighted by molar-refractivity contribution is 0.702. The van der Waals surface area contributed by atoms with Crippen molar-refractivity contribution < 1.29 is 0 Å². The van der Waals surface area contributed by atoms with E-state index < -0.39 is 0 Å². The fourth-order valence-corrected chi connectivity index (χ4v) is 2.56. The molecule has 0 aliphatic heterocycles. The molecule has 0 radical (unpaired) electrons. The van der Waals surface area contributed by atoms with Gasteiger partial charge in [0.25, 0.3) is 5.56 Å². The summed E-state index contributed by atoms with van der Waals surface area (Å²) >= 11 is 0. The van der Waals surface area contributed by atoms with E-state index in [4.69, 9.17) is 0 Å². The maximum absolute atomic E-state index is 11.9. The lowest BCUT2D eigenvalue weighted by atomic mass is 10.1. The van der Waals surface area contributed by atoms with E-state index in [9.17, 15) is 4.79 Å². The minimum Gasteiger partial charge on any atom is -0.354 e. The Bertz CT molecular complexity index is 889. The van der Waals surface area contributed by atoms with Crippen molar-refractivity contribution >= 4 is 22.3 Å². The summed E-state index contributed by atoms with van der Waals surface area (Å²) in [6, 6.07) is 6.22. The molecule has 0 fully saturated rings. The first-order valence-corrected chi connectivity index (χ1v) is 6.83. The molecule has 2 aromatic heterocycles. The molecule has 0 unspecified atom stereocenters. The smallest absolute Gasteiger partial charge is 0.271 e. The summed E-state index contributed by atoms with van der Waals surface area (Å²) in [5.74, 6) is 0. The topological polar surface area (TPSA) is 51.9 Å². The number of nitrogens with one attached hydrogen (secondary N) is 1. The summed E-state index contributed by atoms with van der Waals surface area (Å²) in [5.41, 5.74) is 4.67. The lowest BCUT2D eigenvalue weighted by Crippen LogP contribution is -2.22. The molecule has 5 heteroatoms. The molecule has 1 aromatic carbocycles. The Balaban J connectivity index is 2.08. The molecule has 108 valence electrons. The van der Waals surface area contributed by atoms with Gasteiger partial charge in [-0.1, -0.05) is 0 Å². The van der Waals surface area contributed by atoms with Crippen molar-refractivity contribution in [2.24, 2.45) is 14.1 Å². The van der Waals surface area contributed by atoms with E-state index in [-0.39, 0.29) is 5.56 Å². The van der Waals surface area contributed by atoms with E-state index in [1.807, 2.05) is 26.2 Å². The third-order valence-corrected chi connectivity index (χ3v) is 3.98. The van der Waals surface area contributed by atoms with Crippen molar-refractivity contribution in [1.29, 1.82) is 0 Å². The Morgan fingerprint density at radius 3 is 2.57 bits per heavy atom. The molecule has 0 aliphatic carbocycles. The average Bonchev–Trinajstić information content (AvgIpc) is 2.84. The molecule has 3 rings (SSSR count). The average molecular weight is 282 g/mol. The van der Waals surface area contributed by atoms with Gasteiger partial charge in [0.2, 0.25) is 0 Å². The Kier molecular flexibility index (Phi) is 3.05. The van der Waals surface area contributed by atoms with Gasteiger partial charge < -0.3 is 9.88 Å². The van der Waals surface area contributed by atoms with Crippen LogP contribution in [-0.4, -0.2) is 14.3 Å².